The van der Waals surface area contributed by atoms with E-state index < -0.39 is 0 Å². The van der Waals surface area contributed by atoms with Crippen LogP contribution in [-0.2, 0) is 0 Å². The molecule has 0 radical (unpaired) electrons. The second kappa shape index (κ2) is 10.9. The third kappa shape index (κ3) is 4.55. The monoisotopic (exact) mass is 626 g/mol. The molecule has 0 aliphatic carbocycles. The number of fused-ring (bicyclic) bond motifs is 7. The molecule has 5 nitrogen and oxygen atoms in total. The van der Waals surface area contributed by atoms with Crippen LogP contribution in [0.25, 0.3) is 99.8 Å². The first-order valence-electron chi connectivity index (χ1n) is 16.3. The summed E-state index contributed by atoms with van der Waals surface area (Å²) in [6.45, 7) is 0. The van der Waals surface area contributed by atoms with E-state index in [1.54, 1.807) is 0 Å². The van der Waals surface area contributed by atoms with Crippen LogP contribution >= 0.6 is 0 Å². The van der Waals surface area contributed by atoms with Crippen molar-refractivity contribution in [2.24, 2.45) is 0 Å². The summed E-state index contributed by atoms with van der Waals surface area (Å²) in [6, 6.07) is 54.0. The lowest BCUT2D eigenvalue weighted by atomic mass is 9.94. The lowest BCUT2D eigenvalue weighted by Crippen LogP contribution is -2.00. The van der Waals surface area contributed by atoms with Gasteiger partial charge < -0.3 is 4.42 Å². The number of rotatable bonds is 4. The molecule has 10 aromatic rings. The number of aromatic nitrogens is 4. The number of benzene rings is 7. The van der Waals surface area contributed by atoms with Gasteiger partial charge in [0.2, 0.25) is 0 Å². The molecule has 0 aliphatic heterocycles. The minimum atomic E-state index is 0.601. The zero-order chi connectivity index (χ0) is 32.3. The molecule has 3 heterocycles. The smallest absolute Gasteiger partial charge is 0.164 e. The lowest BCUT2D eigenvalue weighted by molar-refractivity contribution is 0.669. The molecule has 0 fully saturated rings. The van der Waals surface area contributed by atoms with Crippen LogP contribution in [-0.4, -0.2) is 19.9 Å². The molecule has 0 N–H and O–H groups in total. The quantitative estimate of drug-likeness (QED) is 0.144. The molecular weight excluding hydrogens is 601 g/mol. The van der Waals surface area contributed by atoms with E-state index in [1.165, 1.54) is 10.8 Å². The second-order valence-electron chi connectivity index (χ2n) is 12.2. The summed E-state index contributed by atoms with van der Waals surface area (Å²) in [4.78, 5) is 20.2. The van der Waals surface area contributed by atoms with Crippen molar-refractivity contribution in [1.82, 2.24) is 19.9 Å². The van der Waals surface area contributed by atoms with Crippen molar-refractivity contribution >= 4 is 54.5 Å². The molecule has 0 saturated carbocycles. The number of nitrogens with zero attached hydrogens (tertiary/aromatic N) is 4. The van der Waals surface area contributed by atoms with Crippen LogP contribution in [0.15, 0.2) is 162 Å². The molecule has 3 aromatic heterocycles. The van der Waals surface area contributed by atoms with Gasteiger partial charge >= 0.3 is 0 Å². The Morgan fingerprint density at radius 3 is 1.82 bits per heavy atom. The Morgan fingerprint density at radius 1 is 0.347 bits per heavy atom. The van der Waals surface area contributed by atoms with Crippen LogP contribution in [0.1, 0.15) is 0 Å². The summed E-state index contributed by atoms with van der Waals surface area (Å²) in [7, 11) is 0. The van der Waals surface area contributed by atoms with Crippen molar-refractivity contribution in [2.75, 3.05) is 0 Å². The fourth-order valence-electron chi connectivity index (χ4n) is 6.96. The summed E-state index contributed by atoms with van der Waals surface area (Å²) in [5.41, 5.74) is 8.58. The summed E-state index contributed by atoms with van der Waals surface area (Å²) in [5, 5.41) is 6.70. The minimum absolute atomic E-state index is 0.601. The van der Waals surface area contributed by atoms with Crippen LogP contribution < -0.4 is 0 Å². The predicted octanol–water partition coefficient (Wildman–Crippen LogP) is 11.3. The van der Waals surface area contributed by atoms with E-state index in [-0.39, 0.29) is 0 Å². The van der Waals surface area contributed by atoms with Crippen molar-refractivity contribution in [1.29, 1.82) is 0 Å². The van der Waals surface area contributed by atoms with E-state index in [1.807, 2.05) is 66.7 Å². The van der Waals surface area contributed by atoms with E-state index in [0.29, 0.717) is 17.5 Å². The van der Waals surface area contributed by atoms with E-state index >= 15 is 0 Å². The highest BCUT2D eigenvalue weighted by atomic mass is 16.3. The SMILES string of the molecule is c1ccc(-c2nc(-c3ccc(-c4cc5nc6ccccc6cc5c5ccccc45)cc3)nc(-c3cccc4oc5ccccc5c34)n2)cc1. The van der Waals surface area contributed by atoms with Crippen molar-refractivity contribution < 1.29 is 4.42 Å². The maximum Gasteiger partial charge on any atom is 0.164 e. The number of para-hydroxylation sites is 2. The number of hydrogen-bond donors (Lipinski definition) is 0. The summed E-state index contributed by atoms with van der Waals surface area (Å²) in [5.74, 6) is 1.83. The molecule has 5 heteroatoms. The number of furan rings is 1. The normalized spacial score (nSPS) is 11.7. The Hall–Kier alpha value is -6.72. The van der Waals surface area contributed by atoms with Gasteiger partial charge in [-0.05, 0) is 52.2 Å². The summed E-state index contributed by atoms with van der Waals surface area (Å²) in [6.07, 6.45) is 0. The molecule has 49 heavy (non-hydrogen) atoms. The van der Waals surface area contributed by atoms with Gasteiger partial charge in [0.05, 0.1) is 11.0 Å². The zero-order valence-corrected chi connectivity index (χ0v) is 26.2. The minimum Gasteiger partial charge on any atom is -0.456 e. The van der Waals surface area contributed by atoms with Gasteiger partial charge in [0, 0.05) is 38.2 Å². The average molecular weight is 627 g/mol. The molecule has 7 aromatic carbocycles. The van der Waals surface area contributed by atoms with E-state index in [4.69, 9.17) is 24.4 Å². The van der Waals surface area contributed by atoms with Crippen LogP contribution in [0.3, 0.4) is 0 Å². The highest BCUT2D eigenvalue weighted by molar-refractivity contribution is 6.15. The molecule has 10 rings (SSSR count). The molecular formula is C44H26N4O. The van der Waals surface area contributed by atoms with E-state index in [0.717, 1.165) is 71.6 Å². The van der Waals surface area contributed by atoms with Gasteiger partial charge in [-0.1, -0.05) is 127 Å². The highest BCUT2D eigenvalue weighted by Crippen LogP contribution is 2.38. The van der Waals surface area contributed by atoms with Crippen LogP contribution in [0.5, 0.6) is 0 Å². The zero-order valence-electron chi connectivity index (χ0n) is 26.2. The van der Waals surface area contributed by atoms with Gasteiger partial charge in [-0.2, -0.15) is 0 Å². The van der Waals surface area contributed by atoms with E-state index in [2.05, 4.69) is 91.0 Å². The number of pyridine rings is 1. The second-order valence-corrected chi connectivity index (χ2v) is 12.2. The van der Waals surface area contributed by atoms with Gasteiger partial charge in [0.15, 0.2) is 17.5 Å². The maximum atomic E-state index is 6.20. The molecule has 0 saturated heterocycles. The van der Waals surface area contributed by atoms with Gasteiger partial charge in [0.25, 0.3) is 0 Å². The first-order valence-corrected chi connectivity index (χ1v) is 16.3. The van der Waals surface area contributed by atoms with Gasteiger partial charge in [-0.15, -0.1) is 0 Å². The Bertz CT molecular complexity index is 2880. The molecule has 0 unspecified atom stereocenters. The first kappa shape index (κ1) is 27.4. The van der Waals surface area contributed by atoms with E-state index in [9.17, 15) is 0 Å². The highest BCUT2D eigenvalue weighted by Gasteiger charge is 2.18. The Balaban J connectivity index is 1.14. The number of hydrogen-bond acceptors (Lipinski definition) is 5. The topological polar surface area (TPSA) is 64.7 Å². The molecule has 0 aliphatic rings. The fraction of sp³-hybridized carbons (Fsp3) is 0. The van der Waals surface area contributed by atoms with Crippen molar-refractivity contribution in [3.63, 3.8) is 0 Å². The molecule has 0 bridgehead atoms. The Labute approximate surface area is 281 Å². The molecule has 228 valence electrons. The Kier molecular flexibility index (Phi) is 6.11. The summed E-state index contributed by atoms with van der Waals surface area (Å²) >= 11 is 0. The third-order valence-corrected chi connectivity index (χ3v) is 9.31. The van der Waals surface area contributed by atoms with Crippen LogP contribution in [0.4, 0.5) is 0 Å². The van der Waals surface area contributed by atoms with Gasteiger partial charge in [-0.3, -0.25) is 0 Å². The Morgan fingerprint density at radius 2 is 0.980 bits per heavy atom. The average Bonchev–Trinajstić information content (AvgIpc) is 3.56. The van der Waals surface area contributed by atoms with Crippen LogP contribution in [0, 0.1) is 0 Å². The molecule has 0 amide bonds. The standard InChI is InChI=1S/C44H26N4O/c1-2-11-28(12-3-1)42-46-43(48-44(47-42)34-17-10-20-40-41(34)33-16-7-9-19-39(33)49-40)29-23-21-27(22-24-29)35-26-38-36(32-15-6-5-14-31(32)35)25-30-13-4-8-18-37(30)45-38/h1-26H. The molecule has 0 atom stereocenters. The lowest BCUT2D eigenvalue weighted by Gasteiger charge is -2.12. The maximum absolute atomic E-state index is 6.20. The van der Waals surface area contributed by atoms with Gasteiger partial charge in [-0.25, -0.2) is 19.9 Å². The summed E-state index contributed by atoms with van der Waals surface area (Å²) < 4.78 is 6.20. The van der Waals surface area contributed by atoms with Crippen molar-refractivity contribution in [2.45, 2.75) is 0 Å². The molecule has 0 spiro atoms. The van der Waals surface area contributed by atoms with Crippen LogP contribution in [0.2, 0.25) is 0 Å². The van der Waals surface area contributed by atoms with Gasteiger partial charge in [0.1, 0.15) is 11.2 Å². The van der Waals surface area contributed by atoms with Crippen molar-refractivity contribution in [3.05, 3.63) is 158 Å². The largest absolute Gasteiger partial charge is 0.456 e. The third-order valence-electron chi connectivity index (χ3n) is 9.31. The predicted molar refractivity (Wildman–Crippen MR) is 199 cm³/mol. The van der Waals surface area contributed by atoms with Crippen molar-refractivity contribution in [3.8, 4) is 45.3 Å². The fourth-order valence-corrected chi connectivity index (χ4v) is 6.96. The first-order chi connectivity index (χ1) is 24.3.